The number of carbonyl (C=O) groups excluding carboxylic acids is 2. The smallest absolute Gasteiger partial charge is 0.387 e. The van der Waals surface area contributed by atoms with Crippen LogP contribution in [0, 0.1) is 6.92 Å². The fourth-order valence-electron chi connectivity index (χ4n) is 4.12. The third-order valence-electron chi connectivity index (χ3n) is 5.71. The van der Waals surface area contributed by atoms with Gasteiger partial charge in [-0.25, -0.2) is 4.98 Å². The summed E-state index contributed by atoms with van der Waals surface area (Å²) in [6.07, 6.45) is 1.46. The van der Waals surface area contributed by atoms with E-state index in [4.69, 9.17) is 4.74 Å². The standard InChI is InChI=1S/C23H24F2N4O4/c1-13(2)15-6-4-5-7-16(15)23(11-29(12-23)22-27-18(30)10-32-22)20(31)28-19-17(33-21(24)25)8-14(3)9-26-19/h4-9,13,21H,10-12H2,1-3H3,(H,26,28,31). The number of nitrogens with one attached hydrogen (secondary N) is 1. The van der Waals surface area contributed by atoms with Crippen LogP contribution in [0.1, 0.15) is 36.5 Å². The first-order chi connectivity index (χ1) is 15.7. The van der Waals surface area contributed by atoms with Crippen molar-refractivity contribution in [2.75, 3.05) is 25.0 Å². The summed E-state index contributed by atoms with van der Waals surface area (Å²) in [5.41, 5.74) is 1.37. The Balaban J connectivity index is 1.69. The maximum Gasteiger partial charge on any atom is 0.387 e. The first-order valence-electron chi connectivity index (χ1n) is 10.5. The number of likely N-dealkylation sites (tertiary alicyclic amines) is 1. The van der Waals surface area contributed by atoms with Gasteiger partial charge in [0.05, 0.1) is 0 Å². The Hall–Kier alpha value is -3.56. The van der Waals surface area contributed by atoms with Crippen molar-refractivity contribution < 1.29 is 27.8 Å². The summed E-state index contributed by atoms with van der Waals surface area (Å²) in [6, 6.07) is 9.17. The Morgan fingerprint density at radius 1 is 1.27 bits per heavy atom. The van der Waals surface area contributed by atoms with Gasteiger partial charge in [0, 0.05) is 19.3 Å². The average molecular weight is 458 g/mol. The maximum atomic E-state index is 13.7. The summed E-state index contributed by atoms with van der Waals surface area (Å²) in [5, 5.41) is 2.69. The van der Waals surface area contributed by atoms with E-state index in [2.05, 4.69) is 20.0 Å². The number of aryl methyl sites for hydroxylation is 1. The topological polar surface area (TPSA) is 93.1 Å². The maximum absolute atomic E-state index is 13.7. The molecule has 10 heteroatoms. The molecule has 2 aliphatic heterocycles. The highest BCUT2D eigenvalue weighted by Crippen LogP contribution is 2.41. The number of amides is 2. The summed E-state index contributed by atoms with van der Waals surface area (Å²) in [5.74, 6) is -0.970. The van der Waals surface area contributed by atoms with Crippen LogP contribution in [0.5, 0.6) is 5.75 Å². The molecule has 2 aliphatic rings. The van der Waals surface area contributed by atoms with Crippen LogP contribution in [0.25, 0.3) is 0 Å². The van der Waals surface area contributed by atoms with E-state index in [0.29, 0.717) is 5.56 Å². The minimum atomic E-state index is -3.06. The second-order valence-electron chi connectivity index (χ2n) is 8.45. The van der Waals surface area contributed by atoms with Crippen molar-refractivity contribution in [3.05, 3.63) is 53.2 Å². The first-order valence-corrected chi connectivity index (χ1v) is 10.5. The zero-order chi connectivity index (χ0) is 23.8. The number of pyridine rings is 1. The van der Waals surface area contributed by atoms with E-state index in [-0.39, 0.29) is 49.1 Å². The third-order valence-corrected chi connectivity index (χ3v) is 5.71. The number of amidine groups is 1. The molecule has 1 aromatic heterocycles. The van der Waals surface area contributed by atoms with E-state index in [1.165, 1.54) is 12.3 Å². The molecule has 4 rings (SSSR count). The zero-order valence-corrected chi connectivity index (χ0v) is 18.5. The van der Waals surface area contributed by atoms with Gasteiger partial charge in [-0.3, -0.25) is 9.59 Å². The van der Waals surface area contributed by atoms with Gasteiger partial charge in [-0.2, -0.15) is 13.8 Å². The van der Waals surface area contributed by atoms with Crippen molar-refractivity contribution in [1.82, 2.24) is 9.88 Å². The fourth-order valence-corrected chi connectivity index (χ4v) is 4.12. The molecule has 33 heavy (non-hydrogen) atoms. The largest absolute Gasteiger partial charge is 0.455 e. The Kier molecular flexibility index (Phi) is 6.01. The zero-order valence-electron chi connectivity index (χ0n) is 18.5. The summed E-state index contributed by atoms with van der Waals surface area (Å²) < 4.78 is 35.7. The molecule has 0 spiro atoms. The number of hydrogen-bond acceptors (Lipinski definition) is 6. The molecule has 0 radical (unpaired) electrons. The van der Waals surface area contributed by atoms with Crippen LogP contribution in [0.15, 0.2) is 41.5 Å². The quantitative estimate of drug-likeness (QED) is 0.715. The molecule has 8 nitrogen and oxygen atoms in total. The van der Waals surface area contributed by atoms with E-state index in [0.717, 1.165) is 11.1 Å². The molecule has 3 heterocycles. The average Bonchev–Trinajstić information content (AvgIpc) is 3.15. The van der Waals surface area contributed by atoms with E-state index < -0.39 is 17.9 Å². The normalized spacial score (nSPS) is 17.0. The van der Waals surface area contributed by atoms with Crippen molar-refractivity contribution in [2.45, 2.75) is 38.7 Å². The predicted molar refractivity (Wildman–Crippen MR) is 116 cm³/mol. The van der Waals surface area contributed by atoms with Crippen LogP contribution in [-0.4, -0.2) is 54.0 Å². The van der Waals surface area contributed by atoms with E-state index in [9.17, 15) is 18.4 Å². The highest BCUT2D eigenvalue weighted by molar-refractivity contribution is 6.03. The summed E-state index contributed by atoms with van der Waals surface area (Å²) in [6.45, 7) is 2.95. The first kappa shape index (κ1) is 22.6. The molecule has 0 atom stereocenters. The van der Waals surface area contributed by atoms with Crippen LogP contribution >= 0.6 is 0 Å². The Labute approximate surface area is 189 Å². The number of carbonyl (C=O) groups is 2. The Morgan fingerprint density at radius 2 is 2.00 bits per heavy atom. The fraction of sp³-hybridized carbons (Fsp3) is 0.391. The minimum absolute atomic E-state index is 0.0876. The Morgan fingerprint density at radius 3 is 2.64 bits per heavy atom. The van der Waals surface area contributed by atoms with Crippen LogP contribution in [0.4, 0.5) is 14.6 Å². The lowest BCUT2D eigenvalue weighted by Crippen LogP contribution is -2.66. The van der Waals surface area contributed by atoms with Crippen molar-refractivity contribution in [2.24, 2.45) is 4.99 Å². The van der Waals surface area contributed by atoms with Gasteiger partial charge < -0.3 is 19.7 Å². The van der Waals surface area contributed by atoms with Gasteiger partial charge in [0.15, 0.2) is 18.2 Å². The van der Waals surface area contributed by atoms with Crippen LogP contribution in [0.2, 0.25) is 0 Å². The second kappa shape index (κ2) is 8.76. The number of rotatable bonds is 6. The summed E-state index contributed by atoms with van der Waals surface area (Å²) in [4.78, 5) is 34.8. The molecule has 0 unspecified atom stereocenters. The molecule has 1 saturated heterocycles. The van der Waals surface area contributed by atoms with Crippen molar-refractivity contribution in [3.63, 3.8) is 0 Å². The molecule has 2 amide bonds. The summed E-state index contributed by atoms with van der Waals surface area (Å²) >= 11 is 0. The van der Waals surface area contributed by atoms with Gasteiger partial charge in [0.2, 0.25) is 5.91 Å². The number of aliphatic imine (C=N–C) groups is 1. The van der Waals surface area contributed by atoms with E-state index in [1.54, 1.807) is 11.8 Å². The van der Waals surface area contributed by atoms with Crippen LogP contribution in [-0.2, 0) is 19.7 Å². The molecular formula is C23H24F2N4O4. The van der Waals surface area contributed by atoms with Gasteiger partial charge in [-0.05, 0) is 35.6 Å². The number of halogens is 2. The van der Waals surface area contributed by atoms with Crippen molar-refractivity contribution in [1.29, 1.82) is 0 Å². The molecule has 0 bridgehead atoms. The molecule has 1 aromatic carbocycles. The lowest BCUT2D eigenvalue weighted by Gasteiger charge is -2.49. The number of hydrogen-bond donors (Lipinski definition) is 1. The summed E-state index contributed by atoms with van der Waals surface area (Å²) in [7, 11) is 0. The second-order valence-corrected chi connectivity index (χ2v) is 8.45. The molecule has 0 aliphatic carbocycles. The molecule has 2 aromatic rings. The SMILES string of the molecule is Cc1cnc(NC(=O)C2(c3ccccc3C(C)C)CN(C3=NC(=O)CO3)C2)c(OC(F)F)c1. The molecular weight excluding hydrogens is 434 g/mol. The number of nitrogens with zero attached hydrogens (tertiary/aromatic N) is 3. The lowest BCUT2D eigenvalue weighted by atomic mass is 9.70. The van der Waals surface area contributed by atoms with Crippen LogP contribution in [0.3, 0.4) is 0 Å². The number of anilines is 1. The molecule has 174 valence electrons. The molecule has 0 saturated carbocycles. The van der Waals surface area contributed by atoms with Gasteiger partial charge in [-0.15, -0.1) is 0 Å². The number of alkyl halides is 2. The lowest BCUT2D eigenvalue weighted by molar-refractivity contribution is -0.126. The van der Waals surface area contributed by atoms with E-state index in [1.807, 2.05) is 38.1 Å². The van der Waals surface area contributed by atoms with Gasteiger partial charge >= 0.3 is 6.61 Å². The van der Waals surface area contributed by atoms with Crippen LogP contribution < -0.4 is 10.1 Å². The highest BCUT2D eigenvalue weighted by Gasteiger charge is 2.54. The third kappa shape index (κ3) is 4.37. The molecule has 1 fully saturated rings. The number of ether oxygens (including phenoxy) is 2. The highest BCUT2D eigenvalue weighted by atomic mass is 19.3. The predicted octanol–water partition coefficient (Wildman–Crippen LogP) is 3.22. The molecule has 1 N–H and O–H groups in total. The van der Waals surface area contributed by atoms with Crippen molar-refractivity contribution >= 4 is 23.7 Å². The van der Waals surface area contributed by atoms with Gasteiger partial charge in [0.25, 0.3) is 11.9 Å². The monoisotopic (exact) mass is 458 g/mol. The number of benzene rings is 1. The van der Waals surface area contributed by atoms with Gasteiger partial charge in [0.1, 0.15) is 5.41 Å². The van der Waals surface area contributed by atoms with Gasteiger partial charge in [-0.1, -0.05) is 38.1 Å². The number of aromatic nitrogens is 1. The van der Waals surface area contributed by atoms with Crippen molar-refractivity contribution in [3.8, 4) is 5.75 Å². The Bertz CT molecular complexity index is 1110. The van der Waals surface area contributed by atoms with E-state index >= 15 is 0 Å². The minimum Gasteiger partial charge on any atom is -0.455 e.